The highest BCUT2D eigenvalue weighted by Gasteiger charge is 2.30. The second kappa shape index (κ2) is 8.80. The molecule has 1 heterocycles. The van der Waals surface area contributed by atoms with Gasteiger partial charge in [0.1, 0.15) is 12.4 Å². The second-order valence-corrected chi connectivity index (χ2v) is 8.06. The Balaban J connectivity index is 1.95. The first kappa shape index (κ1) is 19.2. The molecule has 7 heteroatoms. The maximum absolute atomic E-state index is 12.7. The van der Waals surface area contributed by atoms with Crippen LogP contribution in [0.4, 0.5) is 0 Å². The highest BCUT2D eigenvalue weighted by Crippen LogP contribution is 2.26. The van der Waals surface area contributed by atoms with Crippen molar-refractivity contribution < 1.29 is 17.9 Å². The van der Waals surface area contributed by atoms with E-state index in [0.717, 1.165) is 12.8 Å². The van der Waals surface area contributed by atoms with Crippen LogP contribution in [0.25, 0.3) is 0 Å². The molecule has 1 fully saturated rings. The number of sulfonamides is 1. The topological polar surface area (TPSA) is 81.9 Å². The van der Waals surface area contributed by atoms with Crippen molar-refractivity contribution in [3.8, 4) is 5.75 Å². The number of hydrogen-bond donors (Lipinski definition) is 1. The Bertz CT molecular complexity index is 594. The maximum Gasteiger partial charge on any atom is 0.243 e. The van der Waals surface area contributed by atoms with Crippen LogP contribution in [0.3, 0.4) is 0 Å². The molecule has 1 unspecified atom stereocenters. The third-order valence-electron chi connectivity index (χ3n) is 4.40. The lowest BCUT2D eigenvalue weighted by molar-refractivity contribution is 0.110. The highest BCUT2D eigenvalue weighted by molar-refractivity contribution is 7.89. The van der Waals surface area contributed by atoms with Gasteiger partial charge in [0.25, 0.3) is 0 Å². The van der Waals surface area contributed by atoms with Crippen LogP contribution in [-0.2, 0) is 14.8 Å². The molecule has 1 aliphatic rings. The number of nitrogens with two attached hydrogens (primary N) is 1. The molecule has 0 saturated carbocycles. The van der Waals surface area contributed by atoms with Crippen LogP contribution >= 0.6 is 0 Å². The molecule has 2 rings (SSSR count). The molecular formula is C17H28N2O4S. The number of ether oxygens (including phenoxy) is 2. The van der Waals surface area contributed by atoms with Crippen molar-refractivity contribution in [3.63, 3.8) is 0 Å². The van der Waals surface area contributed by atoms with Crippen molar-refractivity contribution in [3.05, 3.63) is 24.3 Å². The summed E-state index contributed by atoms with van der Waals surface area (Å²) in [5, 5.41) is 0. The molecule has 24 heavy (non-hydrogen) atoms. The third-order valence-corrected chi connectivity index (χ3v) is 6.32. The first-order valence-corrected chi connectivity index (χ1v) is 9.95. The molecule has 0 amide bonds. The lowest BCUT2D eigenvalue weighted by Gasteiger charge is -2.32. The molecular weight excluding hydrogens is 328 g/mol. The Labute approximate surface area is 145 Å². The van der Waals surface area contributed by atoms with Gasteiger partial charge in [-0.25, -0.2) is 8.42 Å². The monoisotopic (exact) mass is 356 g/mol. The maximum atomic E-state index is 12.7. The average Bonchev–Trinajstić information content (AvgIpc) is 2.59. The van der Waals surface area contributed by atoms with Gasteiger partial charge in [-0.15, -0.1) is 0 Å². The number of rotatable bonds is 8. The molecule has 1 aromatic rings. The standard InChI is InChI=1S/C17H28N2O4S/c1-3-22-12-13-23-16-4-6-17(7-5-16)24(20,21)19-10-8-15(9-11-19)14(2)18/h4-7,14-15H,3,8-13,18H2,1-2H3. The normalized spacial score (nSPS) is 18.5. The Kier molecular flexibility index (Phi) is 7.03. The van der Waals surface area contributed by atoms with Gasteiger partial charge in [-0.1, -0.05) is 0 Å². The number of benzene rings is 1. The molecule has 6 nitrogen and oxygen atoms in total. The van der Waals surface area contributed by atoms with E-state index in [1.807, 2.05) is 13.8 Å². The van der Waals surface area contributed by atoms with Crippen molar-refractivity contribution in [2.75, 3.05) is 32.9 Å². The molecule has 1 atom stereocenters. The summed E-state index contributed by atoms with van der Waals surface area (Å²) in [6.07, 6.45) is 1.63. The fourth-order valence-corrected chi connectivity index (χ4v) is 4.33. The van der Waals surface area contributed by atoms with Crippen molar-refractivity contribution in [2.45, 2.75) is 37.6 Å². The van der Waals surface area contributed by atoms with Crippen LogP contribution < -0.4 is 10.5 Å². The van der Waals surface area contributed by atoms with Crippen LogP contribution in [0, 0.1) is 5.92 Å². The van der Waals surface area contributed by atoms with Crippen LogP contribution in [0.1, 0.15) is 26.7 Å². The van der Waals surface area contributed by atoms with Crippen molar-refractivity contribution in [1.82, 2.24) is 4.31 Å². The van der Waals surface area contributed by atoms with E-state index in [-0.39, 0.29) is 6.04 Å². The third kappa shape index (κ3) is 4.92. The average molecular weight is 356 g/mol. The SMILES string of the molecule is CCOCCOc1ccc(S(=O)(=O)N2CCC(C(C)N)CC2)cc1. The molecule has 1 aliphatic heterocycles. The van der Waals surface area contributed by atoms with Crippen LogP contribution in [-0.4, -0.2) is 51.7 Å². The number of hydrogen-bond acceptors (Lipinski definition) is 5. The van der Waals surface area contributed by atoms with E-state index in [4.69, 9.17) is 15.2 Å². The van der Waals surface area contributed by atoms with Gasteiger partial charge < -0.3 is 15.2 Å². The molecule has 0 aliphatic carbocycles. The van der Waals surface area contributed by atoms with Gasteiger partial charge >= 0.3 is 0 Å². The van der Waals surface area contributed by atoms with E-state index in [0.29, 0.717) is 49.5 Å². The summed E-state index contributed by atoms with van der Waals surface area (Å²) in [6.45, 7) is 6.59. The van der Waals surface area contributed by atoms with Crippen molar-refractivity contribution in [2.24, 2.45) is 11.7 Å². The first-order valence-electron chi connectivity index (χ1n) is 8.51. The number of nitrogens with zero attached hydrogens (tertiary/aromatic N) is 1. The highest BCUT2D eigenvalue weighted by atomic mass is 32.2. The van der Waals surface area contributed by atoms with E-state index in [2.05, 4.69) is 0 Å². The molecule has 136 valence electrons. The smallest absolute Gasteiger partial charge is 0.243 e. The quantitative estimate of drug-likeness (QED) is 0.719. The molecule has 1 aromatic carbocycles. The predicted molar refractivity (Wildman–Crippen MR) is 93.6 cm³/mol. The van der Waals surface area contributed by atoms with Gasteiger partial charge in [-0.2, -0.15) is 4.31 Å². The van der Waals surface area contributed by atoms with Gasteiger partial charge in [0.05, 0.1) is 11.5 Å². The molecule has 0 bridgehead atoms. The summed E-state index contributed by atoms with van der Waals surface area (Å²) in [7, 11) is -3.44. The van der Waals surface area contributed by atoms with E-state index < -0.39 is 10.0 Å². The second-order valence-electron chi connectivity index (χ2n) is 6.12. The van der Waals surface area contributed by atoms with Gasteiger partial charge in [0.15, 0.2) is 0 Å². The zero-order valence-corrected chi connectivity index (χ0v) is 15.3. The van der Waals surface area contributed by atoms with E-state index in [9.17, 15) is 8.42 Å². The Hall–Kier alpha value is -1.15. The first-order chi connectivity index (χ1) is 11.4. The summed E-state index contributed by atoms with van der Waals surface area (Å²) in [6, 6.07) is 6.69. The Morgan fingerprint density at radius 3 is 2.38 bits per heavy atom. The van der Waals surface area contributed by atoms with Crippen molar-refractivity contribution in [1.29, 1.82) is 0 Å². The minimum absolute atomic E-state index is 0.114. The molecule has 0 spiro atoms. The van der Waals surface area contributed by atoms with Gasteiger partial charge in [-0.05, 0) is 56.9 Å². The van der Waals surface area contributed by atoms with Crippen LogP contribution in [0.15, 0.2) is 29.2 Å². The van der Waals surface area contributed by atoms with Crippen LogP contribution in [0.5, 0.6) is 5.75 Å². The number of piperidine rings is 1. The van der Waals surface area contributed by atoms with E-state index in [1.54, 1.807) is 28.6 Å². The largest absolute Gasteiger partial charge is 0.491 e. The lowest BCUT2D eigenvalue weighted by Crippen LogP contribution is -2.42. The van der Waals surface area contributed by atoms with E-state index in [1.165, 1.54) is 0 Å². The minimum atomic E-state index is -3.44. The summed E-state index contributed by atoms with van der Waals surface area (Å²) in [5.41, 5.74) is 5.92. The summed E-state index contributed by atoms with van der Waals surface area (Å²) in [4.78, 5) is 0.305. The fraction of sp³-hybridized carbons (Fsp3) is 0.647. The van der Waals surface area contributed by atoms with Gasteiger partial charge in [0, 0.05) is 25.7 Å². The summed E-state index contributed by atoms with van der Waals surface area (Å²) >= 11 is 0. The molecule has 0 aromatic heterocycles. The van der Waals surface area contributed by atoms with Gasteiger partial charge in [-0.3, -0.25) is 0 Å². The predicted octanol–water partition coefficient (Wildman–Crippen LogP) is 1.85. The minimum Gasteiger partial charge on any atom is -0.491 e. The zero-order chi connectivity index (χ0) is 17.6. The van der Waals surface area contributed by atoms with Crippen molar-refractivity contribution >= 4 is 10.0 Å². The van der Waals surface area contributed by atoms with Gasteiger partial charge in [0.2, 0.25) is 10.0 Å². The molecule has 1 saturated heterocycles. The summed E-state index contributed by atoms with van der Waals surface area (Å²) < 4.78 is 37.7. The fourth-order valence-electron chi connectivity index (χ4n) is 2.86. The Morgan fingerprint density at radius 1 is 1.21 bits per heavy atom. The van der Waals surface area contributed by atoms with Crippen LogP contribution in [0.2, 0.25) is 0 Å². The lowest BCUT2D eigenvalue weighted by atomic mass is 9.92. The molecule has 2 N–H and O–H groups in total. The van der Waals surface area contributed by atoms with E-state index >= 15 is 0 Å². The molecule has 0 radical (unpaired) electrons. The Morgan fingerprint density at radius 2 is 1.83 bits per heavy atom. The summed E-state index contributed by atoms with van der Waals surface area (Å²) in [5.74, 6) is 1.04. The zero-order valence-electron chi connectivity index (χ0n) is 14.5.